The number of primary amides is 1. The van der Waals surface area contributed by atoms with Crippen LogP contribution in [0, 0.1) is 17.3 Å². The molecule has 9 N–H and O–H groups in total. The molecule has 8 heteroatoms. The number of aliphatic imine (C=N–C) groups is 1. The van der Waals surface area contributed by atoms with Crippen LogP contribution in [0.25, 0.3) is 0 Å². The van der Waals surface area contributed by atoms with Crippen LogP contribution >= 0.6 is 0 Å². The Morgan fingerprint density at radius 3 is 1.84 bits per heavy atom. The molecular weight excluding hydrogens is 392 g/mol. The monoisotopic (exact) mass is 436 g/mol. The molecule has 2 rings (SSSR count). The van der Waals surface area contributed by atoms with Gasteiger partial charge in [0.25, 0.3) is 0 Å². The van der Waals surface area contributed by atoms with E-state index in [9.17, 15) is 9.59 Å². The van der Waals surface area contributed by atoms with Crippen molar-refractivity contribution in [3.8, 4) is 0 Å². The molecule has 2 aliphatic carbocycles. The summed E-state index contributed by atoms with van der Waals surface area (Å²) in [7, 11) is 0. The predicted molar refractivity (Wildman–Crippen MR) is 125 cm³/mol. The van der Waals surface area contributed by atoms with Gasteiger partial charge in [0.15, 0.2) is 5.96 Å². The lowest BCUT2D eigenvalue weighted by Crippen LogP contribution is -2.54. The Balaban J connectivity index is 2.11. The van der Waals surface area contributed by atoms with E-state index in [1.807, 2.05) is 0 Å². The molecule has 0 bridgehead atoms. The summed E-state index contributed by atoms with van der Waals surface area (Å²) in [6.45, 7) is 0.708. The lowest BCUT2D eigenvalue weighted by atomic mass is 9.67. The van der Waals surface area contributed by atoms with Crippen molar-refractivity contribution in [2.45, 2.75) is 95.9 Å². The number of carbonyl (C=O) groups excluding carboxylic acids is 2. The van der Waals surface area contributed by atoms with Crippen LogP contribution in [0.5, 0.6) is 0 Å². The average molecular weight is 437 g/mol. The highest BCUT2D eigenvalue weighted by molar-refractivity contribution is 5.89. The van der Waals surface area contributed by atoms with Crippen molar-refractivity contribution in [3.63, 3.8) is 0 Å². The van der Waals surface area contributed by atoms with E-state index in [1.54, 1.807) is 0 Å². The molecule has 8 nitrogen and oxygen atoms in total. The number of hydrogen-bond acceptors (Lipinski definition) is 4. The van der Waals surface area contributed by atoms with Gasteiger partial charge < -0.3 is 28.3 Å². The topological polar surface area (TPSA) is 163 Å². The fraction of sp³-hybridized carbons (Fsp3) is 0.870. The second-order valence-corrected chi connectivity index (χ2v) is 9.78. The van der Waals surface area contributed by atoms with Crippen molar-refractivity contribution in [2.24, 2.45) is 45.2 Å². The van der Waals surface area contributed by atoms with Crippen molar-refractivity contribution in [1.82, 2.24) is 5.32 Å². The quantitative estimate of drug-likeness (QED) is 0.179. The van der Waals surface area contributed by atoms with Crippen LogP contribution in [-0.2, 0) is 9.59 Å². The number of guanidine groups is 1. The first-order valence-corrected chi connectivity index (χ1v) is 12.2. The van der Waals surface area contributed by atoms with Crippen molar-refractivity contribution in [2.75, 3.05) is 13.1 Å². The van der Waals surface area contributed by atoms with Gasteiger partial charge in [0.2, 0.25) is 11.8 Å². The van der Waals surface area contributed by atoms with Gasteiger partial charge in [-0.3, -0.25) is 14.6 Å². The molecule has 0 radical (unpaired) electrons. The Labute approximate surface area is 187 Å². The maximum Gasteiger partial charge on any atom is 0.240 e. The molecule has 2 saturated carbocycles. The fourth-order valence-corrected chi connectivity index (χ4v) is 5.52. The van der Waals surface area contributed by atoms with E-state index in [-0.39, 0.29) is 11.9 Å². The summed E-state index contributed by atoms with van der Waals surface area (Å²) in [5.41, 5.74) is 22.0. The third kappa shape index (κ3) is 8.31. The SMILES string of the molecule is NCC(CC1CCCCC1)(CC1CCCCC1)C(=O)N[C@@H](CCCN=C(N)N)C(N)=O. The zero-order chi connectivity index (χ0) is 22.7. The molecule has 1 atom stereocenters. The minimum Gasteiger partial charge on any atom is -0.370 e. The molecule has 2 aliphatic rings. The van der Waals surface area contributed by atoms with E-state index >= 15 is 0 Å². The normalized spacial score (nSPS) is 19.5. The number of amides is 2. The smallest absolute Gasteiger partial charge is 0.240 e. The van der Waals surface area contributed by atoms with Crippen LogP contribution in [0.3, 0.4) is 0 Å². The number of nitrogens with two attached hydrogens (primary N) is 4. The highest BCUT2D eigenvalue weighted by Crippen LogP contribution is 2.42. The van der Waals surface area contributed by atoms with E-state index in [1.165, 1.54) is 38.5 Å². The summed E-state index contributed by atoms with van der Waals surface area (Å²) in [5, 5.41) is 2.97. The van der Waals surface area contributed by atoms with E-state index in [2.05, 4.69) is 10.3 Å². The largest absolute Gasteiger partial charge is 0.370 e. The van der Waals surface area contributed by atoms with Gasteiger partial charge in [-0.25, -0.2) is 0 Å². The van der Waals surface area contributed by atoms with E-state index in [0.717, 1.165) is 38.5 Å². The van der Waals surface area contributed by atoms with Gasteiger partial charge in [0.1, 0.15) is 6.04 Å². The third-order valence-corrected chi connectivity index (χ3v) is 7.27. The van der Waals surface area contributed by atoms with E-state index < -0.39 is 17.4 Å². The maximum atomic E-state index is 13.6. The number of nitrogens with zero attached hydrogens (tertiary/aromatic N) is 1. The summed E-state index contributed by atoms with van der Waals surface area (Å²) >= 11 is 0. The number of nitrogens with one attached hydrogen (secondary N) is 1. The van der Waals surface area contributed by atoms with Gasteiger partial charge in [0, 0.05) is 13.1 Å². The van der Waals surface area contributed by atoms with Crippen LogP contribution in [-0.4, -0.2) is 36.9 Å². The molecule has 0 spiro atoms. The molecule has 0 aliphatic heterocycles. The predicted octanol–water partition coefficient (Wildman–Crippen LogP) is 1.90. The van der Waals surface area contributed by atoms with Crippen LogP contribution in [0.4, 0.5) is 0 Å². The lowest BCUT2D eigenvalue weighted by Gasteiger charge is -2.40. The van der Waals surface area contributed by atoms with Crippen molar-refractivity contribution in [3.05, 3.63) is 0 Å². The molecule has 2 fully saturated rings. The number of hydrogen-bond donors (Lipinski definition) is 5. The second kappa shape index (κ2) is 12.9. The lowest BCUT2D eigenvalue weighted by molar-refractivity contribution is -0.136. The Morgan fingerprint density at radius 1 is 0.903 bits per heavy atom. The first-order chi connectivity index (χ1) is 14.9. The highest BCUT2D eigenvalue weighted by atomic mass is 16.2. The molecule has 178 valence electrons. The van der Waals surface area contributed by atoms with Crippen LogP contribution in [0.2, 0.25) is 0 Å². The van der Waals surface area contributed by atoms with Crippen LogP contribution < -0.4 is 28.3 Å². The Bertz CT molecular complexity index is 573. The molecule has 0 heterocycles. The molecular formula is C23H44N6O2. The molecule has 31 heavy (non-hydrogen) atoms. The summed E-state index contributed by atoms with van der Waals surface area (Å²) in [5.74, 6) is 0.443. The standard InChI is InChI=1S/C23H44N6O2/c24-16-23(14-17-8-3-1-4-9-17,15-18-10-5-2-6-11-18)21(31)29-19(20(25)30)12-7-13-28-22(26)27/h17-19H,1-16,24H2,(H2,25,30)(H,29,31)(H4,26,27,28)/t19-/m0/s1. The Kier molecular flexibility index (Phi) is 10.6. The first kappa shape index (κ1) is 25.4. The molecule has 0 saturated heterocycles. The first-order valence-electron chi connectivity index (χ1n) is 12.2. The minimum atomic E-state index is -0.731. The van der Waals surface area contributed by atoms with Gasteiger partial charge in [-0.05, 0) is 37.5 Å². The van der Waals surface area contributed by atoms with Gasteiger partial charge in [-0.2, -0.15) is 0 Å². The highest BCUT2D eigenvalue weighted by Gasteiger charge is 2.42. The second-order valence-electron chi connectivity index (χ2n) is 9.78. The minimum absolute atomic E-state index is 0.0155. The van der Waals surface area contributed by atoms with Crippen molar-refractivity contribution in [1.29, 1.82) is 0 Å². The van der Waals surface area contributed by atoms with Crippen LogP contribution in [0.15, 0.2) is 4.99 Å². The summed E-state index contributed by atoms with van der Waals surface area (Å²) < 4.78 is 0. The van der Waals surface area contributed by atoms with Crippen LogP contribution in [0.1, 0.15) is 89.9 Å². The number of rotatable bonds is 12. The Hall–Kier alpha value is -1.83. The molecule has 0 aromatic rings. The molecule has 0 aromatic carbocycles. The molecule has 2 amide bonds. The van der Waals surface area contributed by atoms with E-state index in [4.69, 9.17) is 22.9 Å². The molecule has 0 aromatic heterocycles. The Morgan fingerprint density at radius 2 is 1.42 bits per heavy atom. The molecule has 0 unspecified atom stereocenters. The van der Waals surface area contributed by atoms with Gasteiger partial charge in [0.05, 0.1) is 5.41 Å². The van der Waals surface area contributed by atoms with E-state index in [0.29, 0.717) is 37.8 Å². The van der Waals surface area contributed by atoms with Gasteiger partial charge in [-0.1, -0.05) is 64.2 Å². The zero-order valence-corrected chi connectivity index (χ0v) is 19.1. The zero-order valence-electron chi connectivity index (χ0n) is 19.1. The van der Waals surface area contributed by atoms with Gasteiger partial charge >= 0.3 is 0 Å². The fourth-order valence-electron chi connectivity index (χ4n) is 5.52. The third-order valence-electron chi connectivity index (χ3n) is 7.27. The summed E-state index contributed by atoms with van der Waals surface area (Å²) in [6.07, 6.45) is 14.7. The summed E-state index contributed by atoms with van der Waals surface area (Å²) in [4.78, 5) is 29.6. The van der Waals surface area contributed by atoms with Crippen molar-refractivity contribution < 1.29 is 9.59 Å². The summed E-state index contributed by atoms with van der Waals surface area (Å²) in [6, 6.07) is -0.731. The maximum absolute atomic E-state index is 13.6. The van der Waals surface area contributed by atoms with Crippen molar-refractivity contribution >= 4 is 17.8 Å². The average Bonchev–Trinajstić information content (AvgIpc) is 2.76. The number of carbonyl (C=O) groups is 2. The van der Waals surface area contributed by atoms with Gasteiger partial charge in [-0.15, -0.1) is 0 Å².